The molecule has 53 heavy (non-hydrogen) atoms. The fourth-order valence-corrected chi connectivity index (χ4v) is 7.27. The highest BCUT2D eigenvalue weighted by atomic mass is 16.3. The first-order valence-electron chi connectivity index (χ1n) is 17.8. The fourth-order valence-electron chi connectivity index (χ4n) is 7.27. The molecular formula is C49H31N3O. The third-order valence-corrected chi connectivity index (χ3v) is 9.95. The maximum Gasteiger partial charge on any atom is 0.164 e. The maximum absolute atomic E-state index is 6.51. The Bertz CT molecular complexity index is 2810. The van der Waals surface area contributed by atoms with Crippen molar-refractivity contribution < 1.29 is 4.42 Å². The molecule has 8 aromatic carbocycles. The van der Waals surface area contributed by atoms with Crippen molar-refractivity contribution in [2.45, 2.75) is 0 Å². The van der Waals surface area contributed by atoms with Gasteiger partial charge in [-0.2, -0.15) is 0 Å². The first-order chi connectivity index (χ1) is 26.2. The van der Waals surface area contributed by atoms with Crippen molar-refractivity contribution in [1.82, 2.24) is 15.0 Å². The SMILES string of the molecule is c1ccc(-c2ccc(-c3nc(-c4ccc(-c5ccccc5)cc4)nc(-c4cccc(-c5cccc6ccc7c8ccccc8oc7c56)c4)n3)cc2)cc1. The van der Waals surface area contributed by atoms with Gasteiger partial charge in [-0.3, -0.25) is 0 Å². The lowest BCUT2D eigenvalue weighted by Gasteiger charge is -2.12. The molecule has 0 N–H and O–H groups in total. The Balaban J connectivity index is 1.11. The van der Waals surface area contributed by atoms with Crippen LogP contribution in [0.4, 0.5) is 0 Å². The first-order valence-corrected chi connectivity index (χ1v) is 17.8. The van der Waals surface area contributed by atoms with Gasteiger partial charge in [-0.05, 0) is 57.0 Å². The molecule has 2 heterocycles. The van der Waals surface area contributed by atoms with Crippen molar-refractivity contribution in [3.63, 3.8) is 0 Å². The van der Waals surface area contributed by atoms with Crippen molar-refractivity contribution in [3.8, 4) is 67.5 Å². The Hall–Kier alpha value is -7.17. The average molecular weight is 678 g/mol. The third kappa shape index (κ3) is 5.63. The minimum Gasteiger partial charge on any atom is -0.455 e. The summed E-state index contributed by atoms with van der Waals surface area (Å²) in [5.41, 5.74) is 11.3. The number of hydrogen-bond donors (Lipinski definition) is 0. The lowest BCUT2D eigenvalue weighted by Crippen LogP contribution is -2.00. The molecule has 0 atom stereocenters. The van der Waals surface area contributed by atoms with Crippen LogP contribution in [0.2, 0.25) is 0 Å². The second-order valence-corrected chi connectivity index (χ2v) is 13.2. The molecule has 0 radical (unpaired) electrons. The first kappa shape index (κ1) is 30.6. The van der Waals surface area contributed by atoms with Crippen LogP contribution in [0.5, 0.6) is 0 Å². The summed E-state index contributed by atoms with van der Waals surface area (Å²) in [6.45, 7) is 0. The Labute approximate surface area is 306 Å². The van der Waals surface area contributed by atoms with E-state index < -0.39 is 0 Å². The highest BCUT2D eigenvalue weighted by Gasteiger charge is 2.17. The zero-order valence-corrected chi connectivity index (χ0v) is 28.6. The van der Waals surface area contributed by atoms with Crippen molar-refractivity contribution in [2.24, 2.45) is 0 Å². The molecule has 0 fully saturated rings. The van der Waals surface area contributed by atoms with E-state index in [1.165, 1.54) is 11.1 Å². The van der Waals surface area contributed by atoms with Crippen LogP contribution in [0.3, 0.4) is 0 Å². The predicted molar refractivity (Wildman–Crippen MR) is 217 cm³/mol. The monoisotopic (exact) mass is 677 g/mol. The zero-order valence-electron chi connectivity index (χ0n) is 28.6. The normalized spacial score (nSPS) is 11.4. The minimum absolute atomic E-state index is 0.611. The van der Waals surface area contributed by atoms with Crippen LogP contribution < -0.4 is 0 Å². The van der Waals surface area contributed by atoms with Gasteiger partial charge in [0.15, 0.2) is 17.5 Å². The van der Waals surface area contributed by atoms with E-state index in [-0.39, 0.29) is 0 Å². The highest BCUT2D eigenvalue weighted by molar-refractivity contribution is 6.19. The van der Waals surface area contributed by atoms with Crippen molar-refractivity contribution >= 4 is 32.7 Å². The van der Waals surface area contributed by atoms with Crippen molar-refractivity contribution in [1.29, 1.82) is 0 Å². The molecule has 10 aromatic rings. The standard InChI is InChI=1S/C49H31N3O/c1-3-11-32(12-4-1)34-21-25-37(26-22-34)47-50-48(38-27-23-35(24-28-38)33-13-5-2-6-14-33)52-49(51-47)40-17-9-16-39(31-40)41-19-10-15-36-29-30-43-42-18-7-8-20-44(42)53-46(43)45(36)41/h1-31H. The van der Waals surface area contributed by atoms with Gasteiger partial charge in [-0.1, -0.05) is 170 Å². The van der Waals surface area contributed by atoms with Crippen molar-refractivity contribution in [3.05, 3.63) is 188 Å². The van der Waals surface area contributed by atoms with Gasteiger partial charge in [-0.25, -0.2) is 15.0 Å². The molecule has 0 saturated carbocycles. The Morgan fingerprint density at radius 1 is 0.321 bits per heavy atom. The van der Waals surface area contributed by atoms with E-state index in [1.807, 2.05) is 24.3 Å². The number of rotatable bonds is 6. The van der Waals surface area contributed by atoms with Crippen LogP contribution >= 0.6 is 0 Å². The number of fused-ring (bicyclic) bond motifs is 5. The van der Waals surface area contributed by atoms with Crippen LogP contribution in [-0.2, 0) is 0 Å². The van der Waals surface area contributed by atoms with E-state index in [1.54, 1.807) is 0 Å². The largest absolute Gasteiger partial charge is 0.455 e. The van der Waals surface area contributed by atoms with E-state index in [9.17, 15) is 0 Å². The molecule has 4 heteroatoms. The molecular weight excluding hydrogens is 647 g/mol. The molecule has 0 unspecified atom stereocenters. The molecule has 2 aromatic heterocycles. The minimum atomic E-state index is 0.611. The van der Waals surface area contributed by atoms with Gasteiger partial charge in [-0.15, -0.1) is 0 Å². The zero-order chi connectivity index (χ0) is 35.1. The van der Waals surface area contributed by atoms with Crippen LogP contribution in [0.15, 0.2) is 192 Å². The van der Waals surface area contributed by atoms with E-state index in [4.69, 9.17) is 19.4 Å². The molecule has 0 amide bonds. The summed E-state index contributed by atoms with van der Waals surface area (Å²) in [5.74, 6) is 1.85. The summed E-state index contributed by atoms with van der Waals surface area (Å²) < 4.78 is 6.51. The highest BCUT2D eigenvalue weighted by Crippen LogP contribution is 2.40. The number of aromatic nitrogens is 3. The van der Waals surface area contributed by atoms with Gasteiger partial charge < -0.3 is 4.42 Å². The summed E-state index contributed by atoms with van der Waals surface area (Å²) >= 11 is 0. The number of benzene rings is 8. The van der Waals surface area contributed by atoms with E-state index in [0.717, 1.165) is 71.7 Å². The quantitative estimate of drug-likeness (QED) is 0.176. The van der Waals surface area contributed by atoms with Gasteiger partial charge >= 0.3 is 0 Å². The topological polar surface area (TPSA) is 51.8 Å². The molecule has 0 spiro atoms. The molecule has 0 aliphatic rings. The second kappa shape index (κ2) is 12.9. The maximum atomic E-state index is 6.51. The van der Waals surface area contributed by atoms with Gasteiger partial charge in [0.25, 0.3) is 0 Å². The fraction of sp³-hybridized carbons (Fsp3) is 0. The molecule has 248 valence electrons. The van der Waals surface area contributed by atoms with Gasteiger partial charge in [0, 0.05) is 32.8 Å². The number of nitrogens with zero attached hydrogens (tertiary/aromatic N) is 3. The average Bonchev–Trinajstić information content (AvgIpc) is 3.63. The number of hydrogen-bond acceptors (Lipinski definition) is 4. The third-order valence-electron chi connectivity index (χ3n) is 9.95. The van der Waals surface area contributed by atoms with Gasteiger partial charge in [0.1, 0.15) is 11.2 Å². The second-order valence-electron chi connectivity index (χ2n) is 13.2. The lowest BCUT2D eigenvalue weighted by molar-refractivity contribution is 0.673. The number of para-hydroxylation sites is 1. The van der Waals surface area contributed by atoms with Gasteiger partial charge in [0.05, 0.1) is 0 Å². The van der Waals surface area contributed by atoms with Crippen molar-refractivity contribution in [2.75, 3.05) is 0 Å². The summed E-state index contributed by atoms with van der Waals surface area (Å²) in [4.78, 5) is 15.3. The predicted octanol–water partition coefficient (Wildman–Crippen LogP) is 12.9. The van der Waals surface area contributed by atoms with E-state index in [0.29, 0.717) is 17.5 Å². The van der Waals surface area contributed by atoms with Crippen LogP contribution in [0, 0.1) is 0 Å². The van der Waals surface area contributed by atoms with Crippen LogP contribution in [0.1, 0.15) is 0 Å². The van der Waals surface area contributed by atoms with E-state index >= 15 is 0 Å². The smallest absolute Gasteiger partial charge is 0.164 e. The Morgan fingerprint density at radius 3 is 1.45 bits per heavy atom. The van der Waals surface area contributed by atoms with Crippen LogP contribution in [-0.4, -0.2) is 15.0 Å². The molecule has 0 aliphatic heterocycles. The Morgan fingerprint density at radius 2 is 0.811 bits per heavy atom. The summed E-state index contributed by atoms with van der Waals surface area (Å²) in [6.07, 6.45) is 0. The van der Waals surface area contributed by atoms with Gasteiger partial charge in [0.2, 0.25) is 0 Å². The lowest BCUT2D eigenvalue weighted by atomic mass is 9.95. The molecule has 10 rings (SSSR count). The number of furan rings is 1. The van der Waals surface area contributed by atoms with E-state index in [2.05, 4.69) is 164 Å². The molecule has 0 aliphatic carbocycles. The molecule has 4 nitrogen and oxygen atoms in total. The molecule has 0 bridgehead atoms. The summed E-state index contributed by atoms with van der Waals surface area (Å²) in [7, 11) is 0. The van der Waals surface area contributed by atoms with Crippen LogP contribution in [0.25, 0.3) is 100 Å². The Kier molecular flexibility index (Phi) is 7.43. The summed E-state index contributed by atoms with van der Waals surface area (Å²) in [5, 5.41) is 4.45. The summed E-state index contributed by atoms with van der Waals surface area (Å²) in [6, 6.07) is 65.1. The molecule has 0 saturated heterocycles.